The standard InChI is InChI=1S/C51H29N3OS2/c1-3-13-30(14-4-1)49-52-50(31-15-5-2-6-16-31)54-51(53-49)32-25-26-39-43(29-32)55-42-22-12-20-37(46(39)42)41-28-33(27-40-36-18-8-10-24-45(36)57-48(40)41)34-19-11-21-38-35-17-7-9-23-44(35)56-47(34)38/h1-29H. The topological polar surface area (TPSA) is 51.8 Å². The second-order valence-corrected chi connectivity index (χ2v) is 16.4. The number of benzene rings is 8. The van der Waals surface area contributed by atoms with E-state index in [1.807, 2.05) is 83.3 Å². The molecule has 266 valence electrons. The van der Waals surface area contributed by atoms with E-state index in [1.165, 1.54) is 57.0 Å². The van der Waals surface area contributed by atoms with E-state index in [0.29, 0.717) is 17.5 Å². The summed E-state index contributed by atoms with van der Waals surface area (Å²) in [6.45, 7) is 0. The van der Waals surface area contributed by atoms with Gasteiger partial charge in [-0.15, -0.1) is 22.7 Å². The van der Waals surface area contributed by atoms with Crippen molar-refractivity contribution in [3.63, 3.8) is 0 Å². The molecule has 0 fully saturated rings. The summed E-state index contributed by atoms with van der Waals surface area (Å²) in [7, 11) is 0. The van der Waals surface area contributed by atoms with Crippen LogP contribution in [0.1, 0.15) is 0 Å². The first kappa shape index (κ1) is 32.3. The van der Waals surface area contributed by atoms with E-state index < -0.39 is 0 Å². The lowest BCUT2D eigenvalue weighted by atomic mass is 9.93. The third-order valence-electron chi connectivity index (χ3n) is 10.9. The van der Waals surface area contributed by atoms with E-state index in [1.54, 1.807) is 0 Å². The van der Waals surface area contributed by atoms with E-state index in [9.17, 15) is 0 Å². The molecule has 4 nitrogen and oxygen atoms in total. The molecule has 0 saturated heterocycles. The molecule has 4 heterocycles. The van der Waals surface area contributed by atoms with Gasteiger partial charge in [0.05, 0.1) is 0 Å². The van der Waals surface area contributed by atoms with Crippen LogP contribution in [0.2, 0.25) is 0 Å². The fraction of sp³-hybridized carbons (Fsp3) is 0. The Morgan fingerprint density at radius 1 is 0.333 bits per heavy atom. The fourth-order valence-electron chi connectivity index (χ4n) is 8.28. The number of hydrogen-bond donors (Lipinski definition) is 0. The van der Waals surface area contributed by atoms with Crippen molar-refractivity contribution in [2.45, 2.75) is 0 Å². The normalized spacial score (nSPS) is 11.9. The van der Waals surface area contributed by atoms with Gasteiger partial charge in [-0.05, 0) is 59.2 Å². The highest BCUT2D eigenvalue weighted by atomic mass is 32.1. The van der Waals surface area contributed by atoms with Gasteiger partial charge in [-0.3, -0.25) is 0 Å². The van der Waals surface area contributed by atoms with Crippen LogP contribution in [0.25, 0.3) is 119 Å². The number of aromatic nitrogens is 3. The molecule has 0 aliphatic heterocycles. The molecule has 57 heavy (non-hydrogen) atoms. The average Bonchev–Trinajstić information content (AvgIpc) is 3.98. The third-order valence-corrected chi connectivity index (χ3v) is 13.4. The summed E-state index contributed by atoms with van der Waals surface area (Å²) in [6.07, 6.45) is 0. The molecular weight excluding hydrogens is 735 g/mol. The molecule has 0 aliphatic rings. The van der Waals surface area contributed by atoms with Crippen molar-refractivity contribution < 1.29 is 4.42 Å². The summed E-state index contributed by atoms with van der Waals surface area (Å²) < 4.78 is 11.9. The Labute approximate surface area is 335 Å². The number of hydrogen-bond acceptors (Lipinski definition) is 6. The van der Waals surface area contributed by atoms with Crippen molar-refractivity contribution in [3.8, 4) is 56.4 Å². The predicted molar refractivity (Wildman–Crippen MR) is 240 cm³/mol. The van der Waals surface area contributed by atoms with Gasteiger partial charge in [0, 0.05) is 73.4 Å². The van der Waals surface area contributed by atoms with Crippen molar-refractivity contribution in [1.29, 1.82) is 0 Å². The van der Waals surface area contributed by atoms with Gasteiger partial charge in [-0.2, -0.15) is 0 Å². The SMILES string of the molecule is c1ccc(-c2nc(-c3ccccc3)nc(-c3ccc4c(c3)oc3cccc(-c5cc(-c6cccc7c6sc6ccccc67)cc6c5sc5ccccc56)c34)n2)cc1. The number of rotatable bonds is 5. The third kappa shape index (κ3) is 5.22. The van der Waals surface area contributed by atoms with Crippen molar-refractivity contribution in [2.24, 2.45) is 0 Å². The maximum Gasteiger partial charge on any atom is 0.164 e. The molecule has 0 radical (unpaired) electrons. The van der Waals surface area contributed by atoms with Gasteiger partial charge in [0.25, 0.3) is 0 Å². The first-order valence-electron chi connectivity index (χ1n) is 18.9. The summed E-state index contributed by atoms with van der Waals surface area (Å²) in [6, 6.07) is 62.0. The number of nitrogens with zero attached hydrogens (tertiary/aromatic N) is 3. The molecule has 12 rings (SSSR count). The minimum Gasteiger partial charge on any atom is -0.456 e. The van der Waals surface area contributed by atoms with Crippen LogP contribution in [-0.2, 0) is 0 Å². The van der Waals surface area contributed by atoms with Crippen LogP contribution in [0, 0.1) is 0 Å². The Hall–Kier alpha value is -6.99. The Bertz CT molecular complexity index is 3470. The molecule has 0 unspecified atom stereocenters. The number of fused-ring (bicyclic) bond motifs is 9. The van der Waals surface area contributed by atoms with Crippen LogP contribution < -0.4 is 0 Å². The second-order valence-electron chi connectivity index (χ2n) is 14.3. The zero-order valence-electron chi connectivity index (χ0n) is 30.3. The monoisotopic (exact) mass is 763 g/mol. The van der Waals surface area contributed by atoms with Crippen LogP contribution in [0.5, 0.6) is 0 Å². The van der Waals surface area contributed by atoms with Crippen molar-refractivity contribution in [3.05, 3.63) is 176 Å². The lowest BCUT2D eigenvalue weighted by Gasteiger charge is -2.11. The number of furan rings is 1. The molecular formula is C51H29N3OS2. The number of thiophene rings is 2. The summed E-state index contributed by atoms with van der Waals surface area (Å²) in [5, 5.41) is 7.30. The molecule has 12 aromatic rings. The summed E-state index contributed by atoms with van der Waals surface area (Å²) in [5.41, 5.74) is 9.19. The van der Waals surface area contributed by atoms with Gasteiger partial charge < -0.3 is 4.42 Å². The molecule has 0 spiro atoms. The molecule has 0 amide bonds. The van der Waals surface area contributed by atoms with Crippen molar-refractivity contribution in [1.82, 2.24) is 15.0 Å². The maximum atomic E-state index is 6.72. The molecule has 0 N–H and O–H groups in total. The maximum absolute atomic E-state index is 6.72. The molecule has 0 bridgehead atoms. The molecule has 0 atom stereocenters. The van der Waals surface area contributed by atoms with Crippen LogP contribution in [0.4, 0.5) is 0 Å². The smallest absolute Gasteiger partial charge is 0.164 e. The van der Waals surface area contributed by atoms with E-state index >= 15 is 0 Å². The Kier molecular flexibility index (Phi) is 7.24. The largest absolute Gasteiger partial charge is 0.456 e. The zero-order chi connectivity index (χ0) is 37.5. The van der Waals surface area contributed by atoms with Gasteiger partial charge in [0.1, 0.15) is 11.2 Å². The lowest BCUT2D eigenvalue weighted by molar-refractivity contribution is 0.669. The van der Waals surface area contributed by atoms with E-state index in [-0.39, 0.29) is 0 Å². The molecule has 0 saturated carbocycles. The van der Waals surface area contributed by atoms with Crippen molar-refractivity contribution >= 4 is 85.0 Å². The first-order chi connectivity index (χ1) is 28.2. The van der Waals surface area contributed by atoms with E-state index in [0.717, 1.165) is 44.2 Å². The van der Waals surface area contributed by atoms with Gasteiger partial charge in [-0.1, -0.05) is 133 Å². The average molecular weight is 764 g/mol. The van der Waals surface area contributed by atoms with E-state index in [2.05, 4.69) is 115 Å². The summed E-state index contributed by atoms with van der Waals surface area (Å²) in [4.78, 5) is 14.9. The molecule has 0 aliphatic carbocycles. The van der Waals surface area contributed by atoms with Crippen LogP contribution in [-0.4, -0.2) is 15.0 Å². The van der Waals surface area contributed by atoms with E-state index in [4.69, 9.17) is 19.4 Å². The Morgan fingerprint density at radius 2 is 0.895 bits per heavy atom. The lowest BCUT2D eigenvalue weighted by Crippen LogP contribution is -2.00. The molecule has 6 heteroatoms. The highest BCUT2D eigenvalue weighted by molar-refractivity contribution is 7.26. The predicted octanol–water partition coefficient (Wildman–Crippen LogP) is 14.8. The van der Waals surface area contributed by atoms with Crippen molar-refractivity contribution in [2.75, 3.05) is 0 Å². The van der Waals surface area contributed by atoms with Gasteiger partial charge in [0.2, 0.25) is 0 Å². The van der Waals surface area contributed by atoms with Crippen LogP contribution >= 0.6 is 22.7 Å². The van der Waals surface area contributed by atoms with Crippen LogP contribution in [0.15, 0.2) is 180 Å². The molecule has 4 aromatic heterocycles. The van der Waals surface area contributed by atoms with Gasteiger partial charge >= 0.3 is 0 Å². The Morgan fingerprint density at radius 3 is 1.60 bits per heavy atom. The van der Waals surface area contributed by atoms with Gasteiger partial charge in [0.15, 0.2) is 17.5 Å². The zero-order valence-corrected chi connectivity index (χ0v) is 31.9. The Balaban J connectivity index is 1.07. The van der Waals surface area contributed by atoms with Crippen LogP contribution in [0.3, 0.4) is 0 Å². The molecule has 8 aromatic carbocycles. The minimum absolute atomic E-state index is 0.598. The van der Waals surface area contributed by atoms with Gasteiger partial charge in [-0.25, -0.2) is 15.0 Å². The second kappa shape index (κ2) is 12.8. The summed E-state index contributed by atoms with van der Waals surface area (Å²) >= 11 is 3.73. The first-order valence-corrected chi connectivity index (χ1v) is 20.6. The summed E-state index contributed by atoms with van der Waals surface area (Å²) in [5.74, 6) is 1.86. The quantitative estimate of drug-likeness (QED) is 0.175. The highest BCUT2D eigenvalue weighted by Gasteiger charge is 2.21. The highest BCUT2D eigenvalue weighted by Crippen LogP contribution is 2.48. The fourth-order valence-corrected chi connectivity index (χ4v) is 10.7. The minimum atomic E-state index is 0.598.